The number of carbonyl (C=O) groups is 1. The maximum absolute atomic E-state index is 10.3. The van der Waals surface area contributed by atoms with Gasteiger partial charge in [-0.05, 0) is 12.2 Å². The summed E-state index contributed by atoms with van der Waals surface area (Å²) >= 11 is 0. The second-order valence-corrected chi connectivity index (χ2v) is 2.38. The predicted octanol–water partition coefficient (Wildman–Crippen LogP) is -0.362. The standard InChI is InChI=1S/C7H8O4/c8-6(9)5-1-3-7(10,11)4-2-5/h1-3,10-11H,4H2,(H,8,9). The molecule has 0 aromatic carbocycles. The first-order chi connectivity index (χ1) is 5.01. The Kier molecular flexibility index (Phi) is 1.80. The average molecular weight is 156 g/mol. The van der Waals surface area contributed by atoms with Crippen molar-refractivity contribution in [3.05, 3.63) is 23.8 Å². The van der Waals surface area contributed by atoms with Gasteiger partial charge in [-0.1, -0.05) is 6.08 Å². The van der Waals surface area contributed by atoms with E-state index in [9.17, 15) is 4.79 Å². The topological polar surface area (TPSA) is 77.8 Å². The molecule has 0 bridgehead atoms. The molecule has 4 heteroatoms. The Labute approximate surface area is 63.1 Å². The minimum absolute atomic E-state index is 0.0782. The van der Waals surface area contributed by atoms with Crippen molar-refractivity contribution in [1.29, 1.82) is 0 Å². The van der Waals surface area contributed by atoms with Crippen molar-refractivity contribution >= 4 is 5.97 Å². The minimum Gasteiger partial charge on any atom is -0.478 e. The highest BCUT2D eigenvalue weighted by molar-refractivity contribution is 5.90. The third-order valence-corrected chi connectivity index (χ3v) is 1.40. The summed E-state index contributed by atoms with van der Waals surface area (Å²) < 4.78 is 0. The predicted molar refractivity (Wildman–Crippen MR) is 36.6 cm³/mol. The van der Waals surface area contributed by atoms with Crippen LogP contribution in [0.2, 0.25) is 0 Å². The fourth-order valence-corrected chi connectivity index (χ4v) is 0.778. The van der Waals surface area contributed by atoms with Crippen LogP contribution < -0.4 is 0 Å². The van der Waals surface area contributed by atoms with Gasteiger partial charge in [-0.2, -0.15) is 0 Å². The van der Waals surface area contributed by atoms with Gasteiger partial charge in [0.15, 0.2) is 5.79 Å². The van der Waals surface area contributed by atoms with Crippen molar-refractivity contribution in [2.45, 2.75) is 12.2 Å². The lowest BCUT2D eigenvalue weighted by atomic mass is 10.0. The highest BCUT2D eigenvalue weighted by Crippen LogP contribution is 2.17. The first kappa shape index (κ1) is 7.97. The average Bonchev–Trinajstić information content (AvgIpc) is 1.86. The molecule has 1 aliphatic carbocycles. The van der Waals surface area contributed by atoms with Crippen molar-refractivity contribution < 1.29 is 20.1 Å². The van der Waals surface area contributed by atoms with Gasteiger partial charge in [-0.15, -0.1) is 0 Å². The zero-order valence-electron chi connectivity index (χ0n) is 5.69. The summed E-state index contributed by atoms with van der Waals surface area (Å²) in [5, 5.41) is 26.2. The number of rotatable bonds is 1. The maximum atomic E-state index is 10.3. The van der Waals surface area contributed by atoms with E-state index in [1.807, 2.05) is 0 Å². The van der Waals surface area contributed by atoms with E-state index < -0.39 is 11.8 Å². The molecule has 3 N–H and O–H groups in total. The molecule has 0 atom stereocenters. The number of hydrogen-bond donors (Lipinski definition) is 3. The lowest BCUT2D eigenvalue weighted by Gasteiger charge is -2.18. The van der Waals surface area contributed by atoms with Crippen molar-refractivity contribution in [1.82, 2.24) is 0 Å². The quantitative estimate of drug-likeness (QED) is 0.453. The van der Waals surface area contributed by atoms with E-state index in [2.05, 4.69) is 0 Å². The van der Waals surface area contributed by atoms with Crippen molar-refractivity contribution in [3.8, 4) is 0 Å². The van der Waals surface area contributed by atoms with Gasteiger partial charge in [-0.3, -0.25) is 0 Å². The highest BCUT2D eigenvalue weighted by Gasteiger charge is 2.22. The molecule has 0 saturated carbocycles. The summed E-state index contributed by atoms with van der Waals surface area (Å²) in [6.07, 6.45) is 3.41. The third kappa shape index (κ3) is 1.89. The summed E-state index contributed by atoms with van der Waals surface area (Å²) in [5.41, 5.74) is 0.0868. The van der Waals surface area contributed by atoms with Crippen LogP contribution in [0.5, 0.6) is 0 Å². The molecule has 0 aromatic heterocycles. The zero-order chi connectivity index (χ0) is 8.48. The Morgan fingerprint density at radius 3 is 2.55 bits per heavy atom. The second kappa shape index (κ2) is 2.48. The minimum atomic E-state index is -1.88. The molecule has 0 spiro atoms. The zero-order valence-corrected chi connectivity index (χ0v) is 5.69. The van der Waals surface area contributed by atoms with Crippen molar-refractivity contribution in [2.24, 2.45) is 0 Å². The molecule has 0 unspecified atom stereocenters. The van der Waals surface area contributed by atoms with E-state index in [1.165, 1.54) is 12.2 Å². The summed E-state index contributed by atoms with van der Waals surface area (Å²) in [4.78, 5) is 10.3. The Morgan fingerprint density at radius 2 is 2.18 bits per heavy atom. The Hall–Kier alpha value is -1.13. The van der Waals surface area contributed by atoms with Crippen molar-refractivity contribution in [3.63, 3.8) is 0 Å². The van der Waals surface area contributed by atoms with Gasteiger partial charge < -0.3 is 15.3 Å². The molecular weight excluding hydrogens is 148 g/mol. The molecule has 4 nitrogen and oxygen atoms in total. The van der Waals surface area contributed by atoms with Crippen LogP contribution in [0.25, 0.3) is 0 Å². The molecule has 0 aromatic rings. The van der Waals surface area contributed by atoms with Crippen LogP contribution >= 0.6 is 0 Å². The number of carboxylic acids is 1. The summed E-state index contributed by atoms with van der Waals surface area (Å²) in [6, 6.07) is 0. The Morgan fingerprint density at radius 1 is 1.55 bits per heavy atom. The molecule has 0 amide bonds. The third-order valence-electron chi connectivity index (χ3n) is 1.40. The largest absolute Gasteiger partial charge is 0.478 e. The van der Waals surface area contributed by atoms with Crippen molar-refractivity contribution in [2.75, 3.05) is 0 Å². The van der Waals surface area contributed by atoms with Crippen LogP contribution in [0.1, 0.15) is 6.42 Å². The molecule has 0 saturated heterocycles. The van der Waals surface area contributed by atoms with Gasteiger partial charge >= 0.3 is 5.97 Å². The van der Waals surface area contributed by atoms with E-state index in [-0.39, 0.29) is 12.0 Å². The lowest BCUT2D eigenvalue weighted by Crippen LogP contribution is -2.26. The monoisotopic (exact) mass is 156 g/mol. The van der Waals surface area contributed by atoms with Crippen LogP contribution in [0.3, 0.4) is 0 Å². The summed E-state index contributed by atoms with van der Waals surface area (Å²) in [7, 11) is 0. The van der Waals surface area contributed by atoms with E-state index >= 15 is 0 Å². The van der Waals surface area contributed by atoms with Gasteiger partial charge in [0.25, 0.3) is 0 Å². The summed E-state index contributed by atoms with van der Waals surface area (Å²) in [6.45, 7) is 0. The van der Waals surface area contributed by atoms with E-state index in [1.54, 1.807) is 0 Å². The summed E-state index contributed by atoms with van der Waals surface area (Å²) in [5.74, 6) is -2.93. The number of carboxylic acid groups (broad SMARTS) is 1. The highest BCUT2D eigenvalue weighted by atomic mass is 16.5. The molecule has 0 heterocycles. The normalized spacial score (nSPS) is 21.1. The molecule has 0 fully saturated rings. The number of hydrogen-bond acceptors (Lipinski definition) is 3. The van der Waals surface area contributed by atoms with Crippen LogP contribution in [0, 0.1) is 0 Å². The Bertz CT molecular complexity index is 237. The molecule has 1 rings (SSSR count). The molecule has 0 aliphatic heterocycles. The second-order valence-electron chi connectivity index (χ2n) is 2.38. The van der Waals surface area contributed by atoms with Gasteiger partial charge in [0.1, 0.15) is 0 Å². The molecule has 11 heavy (non-hydrogen) atoms. The fraction of sp³-hybridized carbons (Fsp3) is 0.286. The van der Waals surface area contributed by atoms with Crippen LogP contribution in [0.15, 0.2) is 23.8 Å². The van der Waals surface area contributed by atoms with Gasteiger partial charge in [-0.25, -0.2) is 4.79 Å². The van der Waals surface area contributed by atoms with E-state index in [4.69, 9.17) is 15.3 Å². The first-order valence-corrected chi connectivity index (χ1v) is 3.09. The maximum Gasteiger partial charge on any atom is 0.335 e. The Balaban J connectivity index is 2.75. The molecular formula is C7H8O4. The lowest BCUT2D eigenvalue weighted by molar-refractivity contribution is -0.132. The van der Waals surface area contributed by atoms with Gasteiger partial charge in [0.2, 0.25) is 0 Å². The van der Waals surface area contributed by atoms with E-state index in [0.717, 1.165) is 6.08 Å². The fourth-order valence-electron chi connectivity index (χ4n) is 0.778. The molecule has 0 radical (unpaired) electrons. The van der Waals surface area contributed by atoms with Gasteiger partial charge in [0.05, 0.1) is 5.57 Å². The first-order valence-electron chi connectivity index (χ1n) is 3.09. The van der Waals surface area contributed by atoms with Crippen LogP contribution in [-0.4, -0.2) is 27.1 Å². The number of aliphatic hydroxyl groups is 2. The van der Waals surface area contributed by atoms with Gasteiger partial charge in [0, 0.05) is 6.42 Å². The molecule has 1 aliphatic rings. The SMILES string of the molecule is O=C(O)C1=CCC(O)(O)C=C1. The van der Waals surface area contributed by atoms with Crippen LogP contribution in [0.4, 0.5) is 0 Å². The van der Waals surface area contributed by atoms with E-state index in [0.29, 0.717) is 0 Å². The molecule has 60 valence electrons. The number of aliphatic carboxylic acids is 1. The smallest absolute Gasteiger partial charge is 0.335 e. The van der Waals surface area contributed by atoms with Crippen LogP contribution in [-0.2, 0) is 4.79 Å².